The van der Waals surface area contributed by atoms with Crippen molar-refractivity contribution in [3.63, 3.8) is 0 Å². The van der Waals surface area contributed by atoms with Crippen molar-refractivity contribution in [2.75, 3.05) is 13.1 Å². The molecular weight excluding hydrogens is 239 g/mol. The van der Waals surface area contributed by atoms with E-state index >= 15 is 0 Å². The largest absolute Gasteiger partial charge is 0.311 e. The fraction of sp³-hybridized carbons (Fsp3) is 0.625. The van der Waals surface area contributed by atoms with E-state index in [1.54, 1.807) is 6.07 Å². The van der Waals surface area contributed by atoms with Crippen LogP contribution >= 0.6 is 0 Å². The first-order valence-electron chi connectivity index (χ1n) is 7.28. The van der Waals surface area contributed by atoms with Crippen molar-refractivity contribution < 1.29 is 4.39 Å². The molecule has 3 unspecified atom stereocenters. The highest BCUT2D eigenvalue weighted by Gasteiger charge is 2.28. The summed E-state index contributed by atoms with van der Waals surface area (Å²) >= 11 is 0. The lowest BCUT2D eigenvalue weighted by Crippen LogP contribution is -2.55. The quantitative estimate of drug-likeness (QED) is 0.901. The molecule has 0 saturated carbocycles. The van der Waals surface area contributed by atoms with Gasteiger partial charge in [-0.05, 0) is 44.4 Å². The van der Waals surface area contributed by atoms with E-state index in [4.69, 9.17) is 0 Å². The van der Waals surface area contributed by atoms with Crippen LogP contribution in [0.2, 0.25) is 0 Å². The number of hydrogen-bond donors (Lipinski definition) is 1. The first kappa shape index (κ1) is 14.5. The van der Waals surface area contributed by atoms with Crippen molar-refractivity contribution in [2.45, 2.75) is 52.2 Å². The molecule has 1 saturated heterocycles. The van der Waals surface area contributed by atoms with Gasteiger partial charge < -0.3 is 5.32 Å². The van der Waals surface area contributed by atoms with E-state index in [9.17, 15) is 4.39 Å². The van der Waals surface area contributed by atoms with Crippen LogP contribution in [0.4, 0.5) is 4.39 Å². The summed E-state index contributed by atoms with van der Waals surface area (Å²) in [5, 5.41) is 3.56. The number of piperazine rings is 1. The van der Waals surface area contributed by atoms with Gasteiger partial charge in [-0.1, -0.05) is 19.1 Å². The number of nitrogens with one attached hydrogen (secondary N) is 1. The zero-order chi connectivity index (χ0) is 14.0. The maximum atomic E-state index is 13.7. The van der Waals surface area contributed by atoms with Crippen LogP contribution < -0.4 is 5.32 Å². The monoisotopic (exact) mass is 264 g/mol. The zero-order valence-corrected chi connectivity index (χ0v) is 12.4. The number of halogens is 1. The van der Waals surface area contributed by atoms with E-state index in [1.165, 1.54) is 0 Å². The Morgan fingerprint density at radius 3 is 2.84 bits per heavy atom. The molecule has 2 nitrogen and oxygen atoms in total. The second-order valence-electron chi connectivity index (χ2n) is 5.74. The van der Waals surface area contributed by atoms with Gasteiger partial charge in [-0.25, -0.2) is 4.39 Å². The predicted octanol–water partition coefficient (Wildman–Crippen LogP) is 3.27. The highest BCUT2D eigenvalue weighted by atomic mass is 19.1. The summed E-state index contributed by atoms with van der Waals surface area (Å²) in [6.07, 6.45) is 1.14. The Hall–Kier alpha value is -0.930. The number of rotatable bonds is 3. The first-order chi connectivity index (χ1) is 9.02. The Labute approximate surface area is 116 Å². The third kappa shape index (κ3) is 3.15. The van der Waals surface area contributed by atoms with E-state index in [0.717, 1.165) is 30.6 Å². The molecule has 0 spiro atoms. The van der Waals surface area contributed by atoms with Crippen LogP contribution in [0.3, 0.4) is 0 Å². The van der Waals surface area contributed by atoms with Gasteiger partial charge in [0.15, 0.2) is 0 Å². The van der Waals surface area contributed by atoms with Crippen LogP contribution in [0.15, 0.2) is 18.2 Å². The lowest BCUT2D eigenvalue weighted by molar-refractivity contribution is 0.0974. The van der Waals surface area contributed by atoms with Crippen molar-refractivity contribution in [1.29, 1.82) is 0 Å². The van der Waals surface area contributed by atoms with Crippen molar-refractivity contribution >= 4 is 0 Å². The van der Waals surface area contributed by atoms with E-state index in [0.29, 0.717) is 12.1 Å². The standard InChI is InChI=1S/C16H25FN2/c1-5-15-10-19(12(3)9-18-15)13(4)14-7-6-11(2)16(17)8-14/h6-8,12-13,15,18H,5,9-10H2,1-4H3. The molecule has 0 bridgehead atoms. The Kier molecular flexibility index (Phi) is 4.58. The lowest BCUT2D eigenvalue weighted by Gasteiger charge is -2.42. The van der Waals surface area contributed by atoms with E-state index in [1.807, 2.05) is 13.0 Å². The fourth-order valence-corrected chi connectivity index (χ4v) is 2.83. The summed E-state index contributed by atoms with van der Waals surface area (Å²) < 4.78 is 13.7. The minimum atomic E-state index is -0.0980. The highest BCUT2D eigenvalue weighted by Crippen LogP contribution is 2.26. The molecule has 19 heavy (non-hydrogen) atoms. The third-order valence-electron chi connectivity index (χ3n) is 4.37. The predicted molar refractivity (Wildman–Crippen MR) is 77.8 cm³/mol. The van der Waals surface area contributed by atoms with Crippen molar-refractivity contribution in [3.05, 3.63) is 35.1 Å². The van der Waals surface area contributed by atoms with Gasteiger partial charge in [0.2, 0.25) is 0 Å². The van der Waals surface area contributed by atoms with Gasteiger partial charge in [0, 0.05) is 31.2 Å². The molecule has 0 aromatic heterocycles. The molecule has 106 valence electrons. The Bertz CT molecular complexity index is 433. The second-order valence-corrected chi connectivity index (χ2v) is 5.74. The Morgan fingerprint density at radius 1 is 1.47 bits per heavy atom. The van der Waals surface area contributed by atoms with Gasteiger partial charge in [0.1, 0.15) is 5.82 Å². The van der Waals surface area contributed by atoms with Crippen LogP contribution in [0.1, 0.15) is 44.4 Å². The maximum Gasteiger partial charge on any atom is 0.126 e. The van der Waals surface area contributed by atoms with Gasteiger partial charge in [-0.3, -0.25) is 4.90 Å². The average molecular weight is 264 g/mol. The van der Waals surface area contributed by atoms with Crippen LogP contribution in [-0.2, 0) is 0 Å². The van der Waals surface area contributed by atoms with Gasteiger partial charge in [-0.2, -0.15) is 0 Å². The molecule has 1 aromatic carbocycles. The van der Waals surface area contributed by atoms with Crippen LogP contribution in [0, 0.1) is 12.7 Å². The molecule has 1 aromatic rings. The molecule has 0 radical (unpaired) electrons. The minimum Gasteiger partial charge on any atom is -0.311 e. The van der Waals surface area contributed by atoms with E-state index < -0.39 is 0 Å². The summed E-state index contributed by atoms with van der Waals surface area (Å²) in [6.45, 7) is 10.5. The third-order valence-corrected chi connectivity index (χ3v) is 4.37. The molecule has 3 heteroatoms. The van der Waals surface area contributed by atoms with E-state index in [2.05, 4.69) is 37.1 Å². The Morgan fingerprint density at radius 2 is 2.21 bits per heavy atom. The number of aryl methyl sites for hydroxylation is 1. The normalized spacial score (nSPS) is 26.4. The van der Waals surface area contributed by atoms with Crippen LogP contribution in [0.25, 0.3) is 0 Å². The number of benzene rings is 1. The molecule has 1 fully saturated rings. The molecule has 1 heterocycles. The SMILES string of the molecule is CCC1CN(C(C)c2ccc(C)c(F)c2)C(C)CN1. The molecule has 1 aliphatic heterocycles. The first-order valence-corrected chi connectivity index (χ1v) is 7.28. The topological polar surface area (TPSA) is 15.3 Å². The fourth-order valence-electron chi connectivity index (χ4n) is 2.83. The summed E-state index contributed by atoms with van der Waals surface area (Å²) in [4.78, 5) is 2.48. The van der Waals surface area contributed by atoms with Crippen molar-refractivity contribution in [2.24, 2.45) is 0 Å². The molecule has 1 N–H and O–H groups in total. The van der Waals surface area contributed by atoms with Gasteiger partial charge in [0.25, 0.3) is 0 Å². The lowest BCUT2D eigenvalue weighted by atomic mass is 10.00. The molecule has 1 aliphatic rings. The summed E-state index contributed by atoms with van der Waals surface area (Å²) in [5.74, 6) is -0.0980. The minimum absolute atomic E-state index is 0.0980. The van der Waals surface area contributed by atoms with E-state index in [-0.39, 0.29) is 11.9 Å². The Balaban J connectivity index is 2.16. The second kappa shape index (κ2) is 6.02. The maximum absolute atomic E-state index is 13.7. The molecule has 0 aliphatic carbocycles. The summed E-state index contributed by atoms with van der Waals surface area (Å²) in [5.41, 5.74) is 1.79. The summed E-state index contributed by atoms with van der Waals surface area (Å²) in [7, 11) is 0. The smallest absolute Gasteiger partial charge is 0.126 e. The number of nitrogens with zero attached hydrogens (tertiary/aromatic N) is 1. The molecule has 0 amide bonds. The van der Waals surface area contributed by atoms with Gasteiger partial charge >= 0.3 is 0 Å². The van der Waals surface area contributed by atoms with Crippen LogP contribution in [-0.4, -0.2) is 30.1 Å². The average Bonchev–Trinajstić information content (AvgIpc) is 2.41. The summed E-state index contributed by atoms with van der Waals surface area (Å²) in [6, 6.07) is 6.93. The highest BCUT2D eigenvalue weighted by molar-refractivity contribution is 5.25. The molecular formula is C16H25FN2. The molecule has 2 rings (SSSR count). The van der Waals surface area contributed by atoms with Crippen molar-refractivity contribution in [1.82, 2.24) is 10.2 Å². The molecule has 3 atom stereocenters. The van der Waals surface area contributed by atoms with Gasteiger partial charge in [0.05, 0.1) is 0 Å². The van der Waals surface area contributed by atoms with Crippen molar-refractivity contribution in [3.8, 4) is 0 Å². The van der Waals surface area contributed by atoms with Gasteiger partial charge in [-0.15, -0.1) is 0 Å². The number of hydrogen-bond acceptors (Lipinski definition) is 2. The van der Waals surface area contributed by atoms with Crippen LogP contribution in [0.5, 0.6) is 0 Å². The zero-order valence-electron chi connectivity index (χ0n) is 12.4.